The van der Waals surface area contributed by atoms with Gasteiger partial charge in [0.2, 0.25) is 0 Å². The van der Waals surface area contributed by atoms with E-state index < -0.39 is 17.7 Å². The van der Waals surface area contributed by atoms with Gasteiger partial charge in [0.05, 0.1) is 6.10 Å². The first-order chi connectivity index (χ1) is 13.1. The molecule has 3 N–H and O–H groups in total. The number of aliphatic hydroxyl groups excluding tert-OH is 1. The van der Waals surface area contributed by atoms with Gasteiger partial charge >= 0.3 is 0 Å². The molecule has 3 unspecified atom stereocenters. The third-order valence-electron chi connectivity index (χ3n) is 4.68. The number of guanidine groups is 1. The summed E-state index contributed by atoms with van der Waals surface area (Å²) in [6.45, 7) is 3.08. The number of aliphatic imine (C=N–C) groups is 1. The highest BCUT2D eigenvalue weighted by Crippen LogP contribution is 2.43. The maximum atomic E-state index is 13.9. The molecule has 7 heteroatoms. The highest BCUT2D eigenvalue weighted by molar-refractivity contribution is 14.0. The molecule has 0 saturated heterocycles. The Kier molecular flexibility index (Phi) is 8.62. The maximum Gasteiger partial charge on any atom is 0.191 e. The van der Waals surface area contributed by atoms with E-state index in [9.17, 15) is 13.9 Å². The molecule has 0 heterocycles. The molecule has 1 fully saturated rings. The average Bonchev–Trinajstić information content (AvgIpc) is 3.41. The molecular formula is C21H26F2IN3O. The minimum Gasteiger partial charge on any atom is -0.388 e. The van der Waals surface area contributed by atoms with E-state index in [1.807, 2.05) is 37.3 Å². The smallest absolute Gasteiger partial charge is 0.191 e. The van der Waals surface area contributed by atoms with E-state index in [-0.39, 0.29) is 41.5 Å². The third kappa shape index (κ3) is 5.88. The van der Waals surface area contributed by atoms with Gasteiger partial charge in [0, 0.05) is 30.6 Å². The molecule has 4 nitrogen and oxygen atoms in total. The van der Waals surface area contributed by atoms with Gasteiger partial charge in [-0.2, -0.15) is 0 Å². The van der Waals surface area contributed by atoms with Crippen LogP contribution < -0.4 is 10.6 Å². The molecule has 0 bridgehead atoms. The van der Waals surface area contributed by atoms with E-state index in [0.29, 0.717) is 31.9 Å². The number of aliphatic hydroxyl groups is 1. The molecule has 1 aliphatic carbocycles. The Morgan fingerprint density at radius 2 is 1.82 bits per heavy atom. The van der Waals surface area contributed by atoms with Crippen molar-refractivity contribution in [1.82, 2.24) is 10.6 Å². The van der Waals surface area contributed by atoms with Crippen LogP contribution in [0.4, 0.5) is 8.78 Å². The minimum atomic E-state index is -0.570. The van der Waals surface area contributed by atoms with Crippen molar-refractivity contribution in [2.75, 3.05) is 13.1 Å². The second-order valence-corrected chi connectivity index (χ2v) is 6.70. The van der Waals surface area contributed by atoms with Crippen molar-refractivity contribution in [1.29, 1.82) is 0 Å². The summed E-state index contributed by atoms with van der Waals surface area (Å²) in [6, 6.07) is 13.4. The molecule has 28 heavy (non-hydrogen) atoms. The van der Waals surface area contributed by atoms with Gasteiger partial charge in [0.25, 0.3) is 0 Å². The number of nitrogens with one attached hydrogen (secondary N) is 2. The fraction of sp³-hybridized carbons (Fsp3) is 0.381. The van der Waals surface area contributed by atoms with Crippen LogP contribution in [-0.2, 0) is 0 Å². The van der Waals surface area contributed by atoms with Gasteiger partial charge in [-0.25, -0.2) is 8.78 Å². The summed E-state index contributed by atoms with van der Waals surface area (Å²) in [4.78, 5) is 4.48. The maximum absolute atomic E-state index is 13.9. The van der Waals surface area contributed by atoms with Crippen molar-refractivity contribution in [3.05, 3.63) is 71.3 Å². The summed E-state index contributed by atoms with van der Waals surface area (Å²) >= 11 is 0. The molecule has 0 aromatic heterocycles. The number of halogens is 3. The van der Waals surface area contributed by atoms with E-state index in [1.165, 1.54) is 18.2 Å². The second-order valence-electron chi connectivity index (χ2n) is 6.70. The van der Waals surface area contributed by atoms with Crippen LogP contribution in [0.2, 0.25) is 0 Å². The van der Waals surface area contributed by atoms with Crippen molar-refractivity contribution >= 4 is 29.9 Å². The standard InChI is InChI=1S/C21H25F2N3O.HI/c1-2-24-21(25-12-11-19(27)14-7-4-3-5-8-14)26-18-13-15(18)20-16(22)9-6-10-17(20)23;/h3-10,15,18-19,27H,2,11-13H2,1H3,(H2,24,25,26);1H. The zero-order chi connectivity index (χ0) is 19.2. The quantitative estimate of drug-likeness (QED) is 0.304. The first-order valence-electron chi connectivity index (χ1n) is 9.32. The van der Waals surface area contributed by atoms with Gasteiger partial charge in [-0.15, -0.1) is 24.0 Å². The lowest BCUT2D eigenvalue weighted by Crippen LogP contribution is -2.39. The Bertz CT molecular complexity index is 768. The Morgan fingerprint density at radius 3 is 2.46 bits per heavy atom. The molecule has 2 aromatic rings. The molecular weight excluding hydrogens is 475 g/mol. The third-order valence-corrected chi connectivity index (χ3v) is 4.68. The van der Waals surface area contributed by atoms with E-state index in [4.69, 9.17) is 0 Å². The molecule has 0 aliphatic heterocycles. The normalized spacial score (nSPS) is 19.5. The van der Waals surface area contributed by atoms with Gasteiger partial charge < -0.3 is 15.7 Å². The van der Waals surface area contributed by atoms with Crippen LogP contribution in [0.3, 0.4) is 0 Å². The summed E-state index contributed by atoms with van der Waals surface area (Å²) in [6.07, 6.45) is 0.588. The molecule has 0 spiro atoms. The van der Waals surface area contributed by atoms with Gasteiger partial charge in [0.1, 0.15) is 11.6 Å². The van der Waals surface area contributed by atoms with E-state index in [2.05, 4.69) is 15.6 Å². The Balaban J connectivity index is 0.00000280. The fourth-order valence-electron chi connectivity index (χ4n) is 3.17. The molecule has 3 atom stereocenters. The van der Waals surface area contributed by atoms with Gasteiger partial charge in [-0.1, -0.05) is 36.4 Å². The number of rotatable bonds is 7. The first-order valence-corrected chi connectivity index (χ1v) is 9.32. The molecule has 1 aliphatic rings. The van der Waals surface area contributed by atoms with E-state index in [1.54, 1.807) is 0 Å². The molecule has 0 amide bonds. The predicted molar refractivity (Wildman–Crippen MR) is 118 cm³/mol. The lowest BCUT2D eigenvalue weighted by atomic mass is 10.1. The average molecular weight is 501 g/mol. The lowest BCUT2D eigenvalue weighted by Gasteiger charge is -2.13. The number of nitrogens with zero attached hydrogens (tertiary/aromatic N) is 1. The second kappa shape index (κ2) is 10.7. The van der Waals surface area contributed by atoms with Crippen LogP contribution >= 0.6 is 24.0 Å². The van der Waals surface area contributed by atoms with E-state index in [0.717, 1.165) is 5.56 Å². The molecule has 3 rings (SSSR count). The van der Waals surface area contributed by atoms with Crippen molar-refractivity contribution in [3.63, 3.8) is 0 Å². The van der Waals surface area contributed by atoms with Crippen LogP contribution in [0, 0.1) is 11.6 Å². The van der Waals surface area contributed by atoms with Crippen LogP contribution in [0.25, 0.3) is 0 Å². The number of hydrogen-bond donors (Lipinski definition) is 3. The summed E-state index contributed by atoms with van der Waals surface area (Å²) in [5, 5.41) is 16.6. The number of benzene rings is 2. The molecule has 152 valence electrons. The number of hydrogen-bond acceptors (Lipinski definition) is 2. The predicted octanol–water partition coefficient (Wildman–Crippen LogP) is 4.12. The van der Waals surface area contributed by atoms with Crippen LogP contribution in [0.1, 0.15) is 42.9 Å². The van der Waals surface area contributed by atoms with Gasteiger partial charge in [-0.3, -0.25) is 4.99 Å². The largest absolute Gasteiger partial charge is 0.388 e. The fourth-order valence-corrected chi connectivity index (χ4v) is 3.17. The van der Waals surface area contributed by atoms with Crippen molar-refractivity contribution in [2.24, 2.45) is 4.99 Å². The zero-order valence-electron chi connectivity index (χ0n) is 15.7. The lowest BCUT2D eigenvalue weighted by molar-refractivity contribution is 0.170. The molecule has 0 radical (unpaired) electrons. The van der Waals surface area contributed by atoms with Crippen LogP contribution in [0.5, 0.6) is 0 Å². The highest BCUT2D eigenvalue weighted by atomic mass is 127. The Labute approximate surface area is 181 Å². The molecule has 2 aromatic carbocycles. The monoisotopic (exact) mass is 501 g/mol. The van der Waals surface area contributed by atoms with Crippen molar-refractivity contribution in [3.8, 4) is 0 Å². The van der Waals surface area contributed by atoms with Crippen molar-refractivity contribution < 1.29 is 13.9 Å². The van der Waals surface area contributed by atoms with E-state index >= 15 is 0 Å². The summed E-state index contributed by atoms with van der Waals surface area (Å²) in [7, 11) is 0. The SMILES string of the molecule is CCNC(=NCCC(O)c1ccccc1)NC1CC1c1c(F)cccc1F.I. The zero-order valence-corrected chi connectivity index (χ0v) is 18.1. The summed E-state index contributed by atoms with van der Waals surface area (Å²) in [5.74, 6) is -0.596. The summed E-state index contributed by atoms with van der Waals surface area (Å²) < 4.78 is 27.8. The Morgan fingerprint density at radius 1 is 1.14 bits per heavy atom. The van der Waals surface area contributed by atoms with Gasteiger partial charge in [-0.05, 0) is 37.5 Å². The topological polar surface area (TPSA) is 56.7 Å². The Hall–Kier alpha value is -1.74. The van der Waals surface area contributed by atoms with Crippen molar-refractivity contribution in [2.45, 2.75) is 37.8 Å². The van der Waals surface area contributed by atoms with Crippen LogP contribution in [-0.4, -0.2) is 30.2 Å². The summed E-state index contributed by atoms with van der Waals surface area (Å²) in [5.41, 5.74) is 1.01. The first kappa shape index (κ1) is 22.5. The minimum absolute atomic E-state index is 0. The van der Waals surface area contributed by atoms with Gasteiger partial charge in [0.15, 0.2) is 5.96 Å². The highest BCUT2D eigenvalue weighted by Gasteiger charge is 2.42. The molecule has 1 saturated carbocycles. The van der Waals surface area contributed by atoms with Crippen LogP contribution in [0.15, 0.2) is 53.5 Å².